The van der Waals surface area contributed by atoms with E-state index in [0.29, 0.717) is 19.4 Å². The van der Waals surface area contributed by atoms with Crippen molar-refractivity contribution in [3.63, 3.8) is 0 Å². The maximum absolute atomic E-state index is 10.4. The quantitative estimate of drug-likeness (QED) is 0.667. The molecule has 0 saturated carbocycles. The van der Waals surface area contributed by atoms with E-state index >= 15 is 0 Å². The number of hydrogen-bond acceptors (Lipinski definition) is 4. The Morgan fingerprint density at radius 3 is 2.86 bits per heavy atom. The first kappa shape index (κ1) is 10.4. The van der Waals surface area contributed by atoms with Crippen LogP contribution in [-0.4, -0.2) is 22.6 Å². The number of carbonyl (C=O) groups excluding carboxylic acids is 1. The fourth-order valence-corrected chi connectivity index (χ4v) is 0.972. The molecule has 5 heteroatoms. The molecule has 0 radical (unpaired) electrons. The molecule has 0 saturated heterocycles. The van der Waals surface area contributed by atoms with Gasteiger partial charge in [0.2, 0.25) is 5.91 Å². The first-order chi connectivity index (χ1) is 6.68. The number of nitrogens with two attached hydrogens (primary N) is 1. The van der Waals surface area contributed by atoms with Crippen LogP contribution in [0.15, 0.2) is 12.1 Å². The van der Waals surface area contributed by atoms with Crippen molar-refractivity contribution in [1.29, 1.82) is 0 Å². The Balaban J connectivity index is 2.25. The summed E-state index contributed by atoms with van der Waals surface area (Å²) in [5.74, 6) is 0.446. The van der Waals surface area contributed by atoms with Crippen molar-refractivity contribution in [3.8, 4) is 0 Å². The minimum absolute atomic E-state index is 0.276. The fraction of sp³-hybridized carbons (Fsp3) is 0.444. The molecule has 1 rings (SSSR count). The van der Waals surface area contributed by atoms with Gasteiger partial charge in [-0.3, -0.25) is 4.79 Å². The standard InChI is InChI=1S/C9H14N4O/c1-7-4-5-9(13-12-7)11-6-2-3-8(10)14/h4-5H,2-3,6H2,1H3,(H2,10,14)(H,11,13). The number of rotatable bonds is 5. The van der Waals surface area contributed by atoms with Gasteiger partial charge in [-0.25, -0.2) is 0 Å². The fourth-order valence-electron chi connectivity index (χ4n) is 0.972. The summed E-state index contributed by atoms with van der Waals surface area (Å²) < 4.78 is 0. The van der Waals surface area contributed by atoms with Crippen LogP contribution in [0.4, 0.5) is 5.82 Å². The van der Waals surface area contributed by atoms with E-state index in [4.69, 9.17) is 5.73 Å². The van der Waals surface area contributed by atoms with E-state index in [-0.39, 0.29) is 5.91 Å². The molecule has 0 spiro atoms. The number of nitrogens with one attached hydrogen (secondary N) is 1. The van der Waals surface area contributed by atoms with Gasteiger partial charge in [0.25, 0.3) is 0 Å². The Labute approximate surface area is 82.7 Å². The van der Waals surface area contributed by atoms with Gasteiger partial charge in [0, 0.05) is 13.0 Å². The molecular formula is C9H14N4O. The molecule has 0 atom stereocenters. The molecule has 76 valence electrons. The summed E-state index contributed by atoms with van der Waals surface area (Å²) in [6.45, 7) is 2.56. The largest absolute Gasteiger partial charge is 0.370 e. The van der Waals surface area contributed by atoms with Crippen molar-refractivity contribution in [2.45, 2.75) is 19.8 Å². The van der Waals surface area contributed by atoms with Gasteiger partial charge < -0.3 is 11.1 Å². The monoisotopic (exact) mass is 194 g/mol. The van der Waals surface area contributed by atoms with Crippen LogP contribution >= 0.6 is 0 Å². The van der Waals surface area contributed by atoms with Gasteiger partial charge in [-0.1, -0.05) is 0 Å². The van der Waals surface area contributed by atoms with E-state index in [2.05, 4.69) is 15.5 Å². The number of primary amides is 1. The predicted octanol–water partition coefficient (Wildman–Crippen LogP) is 0.462. The number of amides is 1. The Morgan fingerprint density at radius 2 is 2.29 bits per heavy atom. The van der Waals surface area contributed by atoms with Gasteiger partial charge in [-0.2, -0.15) is 5.10 Å². The molecule has 3 N–H and O–H groups in total. The average molecular weight is 194 g/mol. The summed E-state index contributed by atoms with van der Waals surface area (Å²) in [7, 11) is 0. The summed E-state index contributed by atoms with van der Waals surface area (Å²) in [6, 6.07) is 3.73. The van der Waals surface area contributed by atoms with Crippen LogP contribution in [0.1, 0.15) is 18.5 Å². The molecule has 0 fully saturated rings. The van der Waals surface area contributed by atoms with Crippen molar-refractivity contribution >= 4 is 11.7 Å². The van der Waals surface area contributed by atoms with Gasteiger partial charge in [0.05, 0.1) is 5.69 Å². The Morgan fingerprint density at radius 1 is 1.50 bits per heavy atom. The van der Waals surface area contributed by atoms with Crippen molar-refractivity contribution in [1.82, 2.24) is 10.2 Å². The Kier molecular flexibility index (Phi) is 3.84. The third kappa shape index (κ3) is 3.84. The highest BCUT2D eigenvalue weighted by atomic mass is 16.1. The first-order valence-electron chi connectivity index (χ1n) is 4.51. The first-order valence-corrected chi connectivity index (χ1v) is 4.51. The molecule has 1 heterocycles. The molecule has 0 aliphatic rings. The van der Waals surface area contributed by atoms with Gasteiger partial charge >= 0.3 is 0 Å². The third-order valence-corrected chi connectivity index (χ3v) is 1.70. The summed E-state index contributed by atoms with van der Waals surface area (Å²) in [5.41, 5.74) is 5.88. The van der Waals surface area contributed by atoms with E-state index in [9.17, 15) is 4.79 Å². The maximum atomic E-state index is 10.4. The topological polar surface area (TPSA) is 80.9 Å². The second-order valence-electron chi connectivity index (χ2n) is 3.06. The molecular weight excluding hydrogens is 180 g/mol. The minimum atomic E-state index is -0.276. The number of aryl methyl sites for hydroxylation is 1. The maximum Gasteiger partial charge on any atom is 0.217 e. The van der Waals surface area contributed by atoms with E-state index in [1.807, 2.05) is 19.1 Å². The normalized spacial score (nSPS) is 9.79. The predicted molar refractivity (Wildman–Crippen MR) is 53.7 cm³/mol. The summed E-state index contributed by atoms with van der Waals surface area (Å²) in [5, 5.41) is 10.9. The lowest BCUT2D eigenvalue weighted by molar-refractivity contribution is -0.118. The molecule has 0 aromatic carbocycles. The zero-order chi connectivity index (χ0) is 10.4. The van der Waals surface area contributed by atoms with Crippen molar-refractivity contribution in [3.05, 3.63) is 17.8 Å². The minimum Gasteiger partial charge on any atom is -0.370 e. The van der Waals surface area contributed by atoms with Crippen molar-refractivity contribution in [2.24, 2.45) is 5.73 Å². The van der Waals surface area contributed by atoms with Crippen LogP contribution in [-0.2, 0) is 4.79 Å². The zero-order valence-electron chi connectivity index (χ0n) is 8.16. The smallest absolute Gasteiger partial charge is 0.217 e. The number of nitrogens with zero attached hydrogens (tertiary/aromatic N) is 2. The third-order valence-electron chi connectivity index (χ3n) is 1.70. The second-order valence-corrected chi connectivity index (χ2v) is 3.06. The van der Waals surface area contributed by atoms with Crippen LogP contribution in [0.3, 0.4) is 0 Å². The summed E-state index contributed by atoms with van der Waals surface area (Å²) in [6.07, 6.45) is 1.11. The molecule has 0 unspecified atom stereocenters. The van der Waals surface area contributed by atoms with E-state index < -0.39 is 0 Å². The highest BCUT2D eigenvalue weighted by Crippen LogP contribution is 2.01. The Hall–Kier alpha value is -1.65. The van der Waals surface area contributed by atoms with Crippen molar-refractivity contribution in [2.75, 3.05) is 11.9 Å². The molecule has 0 aliphatic heterocycles. The highest BCUT2D eigenvalue weighted by Gasteiger charge is 1.96. The van der Waals surface area contributed by atoms with Crippen LogP contribution in [0, 0.1) is 6.92 Å². The van der Waals surface area contributed by atoms with Crippen LogP contribution in [0.5, 0.6) is 0 Å². The average Bonchev–Trinajstić information content (AvgIpc) is 2.15. The number of aromatic nitrogens is 2. The number of anilines is 1. The second kappa shape index (κ2) is 5.16. The van der Waals surface area contributed by atoms with E-state index in [1.54, 1.807) is 0 Å². The lowest BCUT2D eigenvalue weighted by Crippen LogP contribution is -2.13. The summed E-state index contributed by atoms with van der Waals surface area (Å²) >= 11 is 0. The molecule has 5 nitrogen and oxygen atoms in total. The molecule has 1 aromatic rings. The number of hydrogen-bond donors (Lipinski definition) is 2. The van der Waals surface area contributed by atoms with Gasteiger partial charge in [0.1, 0.15) is 5.82 Å². The molecule has 14 heavy (non-hydrogen) atoms. The molecule has 0 aliphatic carbocycles. The van der Waals surface area contributed by atoms with E-state index in [0.717, 1.165) is 11.5 Å². The molecule has 0 bridgehead atoms. The Bertz CT molecular complexity index is 296. The highest BCUT2D eigenvalue weighted by molar-refractivity contribution is 5.73. The van der Waals surface area contributed by atoms with Crippen LogP contribution in [0.2, 0.25) is 0 Å². The van der Waals surface area contributed by atoms with Crippen molar-refractivity contribution < 1.29 is 4.79 Å². The van der Waals surface area contributed by atoms with Gasteiger partial charge in [-0.15, -0.1) is 5.10 Å². The summed E-state index contributed by atoms with van der Waals surface area (Å²) in [4.78, 5) is 10.4. The molecule has 1 aromatic heterocycles. The molecule has 1 amide bonds. The lowest BCUT2D eigenvalue weighted by Gasteiger charge is -2.03. The van der Waals surface area contributed by atoms with Gasteiger partial charge in [-0.05, 0) is 25.5 Å². The lowest BCUT2D eigenvalue weighted by atomic mass is 10.3. The zero-order valence-corrected chi connectivity index (χ0v) is 8.16. The number of carbonyl (C=O) groups is 1. The van der Waals surface area contributed by atoms with E-state index in [1.165, 1.54) is 0 Å². The SMILES string of the molecule is Cc1ccc(NCCCC(N)=O)nn1. The van der Waals surface area contributed by atoms with Gasteiger partial charge in [0.15, 0.2) is 0 Å². The van der Waals surface area contributed by atoms with Crippen LogP contribution in [0.25, 0.3) is 0 Å². The van der Waals surface area contributed by atoms with Crippen LogP contribution < -0.4 is 11.1 Å².